The fraction of sp³-hybridized carbons (Fsp3) is 0.429. The lowest BCUT2D eigenvalue weighted by Crippen LogP contribution is -2.37. The smallest absolute Gasteiger partial charge is 0.315 e. The quantitative estimate of drug-likeness (QED) is 0.534. The number of benzene rings is 1. The molecular formula is C14H20N2O3S. The molecule has 110 valence electrons. The van der Waals surface area contributed by atoms with Gasteiger partial charge in [0.05, 0.1) is 6.04 Å². The number of amides is 2. The second-order valence-corrected chi connectivity index (χ2v) is 5.21. The van der Waals surface area contributed by atoms with Crippen molar-refractivity contribution >= 4 is 23.8 Å². The maximum atomic E-state index is 11.7. The Bertz CT molecular complexity index is 465. The van der Waals surface area contributed by atoms with Gasteiger partial charge in [-0.25, -0.2) is 4.79 Å². The van der Waals surface area contributed by atoms with Crippen LogP contribution in [0.2, 0.25) is 0 Å². The average molecular weight is 296 g/mol. The molecule has 0 radical (unpaired) electrons. The van der Waals surface area contributed by atoms with E-state index >= 15 is 0 Å². The zero-order chi connectivity index (χ0) is 15.0. The third-order valence-corrected chi connectivity index (χ3v) is 3.62. The number of carboxylic acids is 1. The average Bonchev–Trinajstić information content (AvgIpc) is 2.43. The van der Waals surface area contributed by atoms with Gasteiger partial charge in [-0.1, -0.05) is 18.2 Å². The molecule has 0 aliphatic carbocycles. The number of nitrogens with one attached hydrogen (secondary N) is 2. The summed E-state index contributed by atoms with van der Waals surface area (Å²) in [5.74, 6) is -0.852. The number of thioether (sulfide) groups is 1. The van der Waals surface area contributed by atoms with Crippen molar-refractivity contribution in [1.29, 1.82) is 0 Å². The minimum atomic E-state index is -0.852. The van der Waals surface area contributed by atoms with Crippen LogP contribution in [0.25, 0.3) is 0 Å². The number of carboxylic acid groups (broad SMARTS) is 1. The van der Waals surface area contributed by atoms with Crippen LogP contribution in [0, 0.1) is 0 Å². The fourth-order valence-electron chi connectivity index (χ4n) is 1.79. The Morgan fingerprint density at radius 1 is 1.35 bits per heavy atom. The van der Waals surface area contributed by atoms with Gasteiger partial charge in [-0.15, -0.1) is 11.8 Å². The first kappa shape index (κ1) is 16.4. The van der Waals surface area contributed by atoms with Crippen LogP contribution < -0.4 is 10.6 Å². The summed E-state index contributed by atoms with van der Waals surface area (Å²) >= 11 is 1.64. The molecule has 0 bridgehead atoms. The topological polar surface area (TPSA) is 78.4 Å². The highest BCUT2D eigenvalue weighted by atomic mass is 32.2. The van der Waals surface area contributed by atoms with Crippen molar-refractivity contribution in [2.24, 2.45) is 0 Å². The molecule has 0 heterocycles. The SMILES string of the molecule is CSc1ccccc1[C@@H](C)NC(=O)NCCCC(=O)O. The summed E-state index contributed by atoms with van der Waals surface area (Å²) in [5, 5.41) is 14.0. The third kappa shape index (κ3) is 5.52. The van der Waals surface area contributed by atoms with Gasteiger partial charge in [-0.3, -0.25) is 4.79 Å². The predicted molar refractivity (Wildman–Crippen MR) is 80.0 cm³/mol. The van der Waals surface area contributed by atoms with Crippen LogP contribution in [0.15, 0.2) is 29.2 Å². The highest BCUT2D eigenvalue weighted by Crippen LogP contribution is 2.25. The molecule has 0 aliphatic rings. The van der Waals surface area contributed by atoms with E-state index < -0.39 is 5.97 Å². The van der Waals surface area contributed by atoms with Crippen molar-refractivity contribution in [3.8, 4) is 0 Å². The highest BCUT2D eigenvalue weighted by molar-refractivity contribution is 7.98. The molecule has 1 rings (SSSR count). The zero-order valence-corrected chi connectivity index (χ0v) is 12.5. The maximum absolute atomic E-state index is 11.7. The molecule has 6 heteroatoms. The van der Waals surface area contributed by atoms with Gasteiger partial charge in [0.2, 0.25) is 0 Å². The Kier molecular flexibility index (Phi) is 6.93. The Morgan fingerprint density at radius 2 is 2.05 bits per heavy atom. The number of carbonyl (C=O) groups excluding carboxylic acids is 1. The Hall–Kier alpha value is -1.69. The number of carbonyl (C=O) groups is 2. The number of hydrogen-bond donors (Lipinski definition) is 3. The molecule has 0 aliphatic heterocycles. The van der Waals surface area contributed by atoms with E-state index in [2.05, 4.69) is 10.6 Å². The summed E-state index contributed by atoms with van der Waals surface area (Å²) in [6, 6.07) is 7.54. The van der Waals surface area contributed by atoms with Crippen molar-refractivity contribution in [2.75, 3.05) is 12.8 Å². The molecule has 2 amide bonds. The van der Waals surface area contributed by atoms with Crippen molar-refractivity contribution < 1.29 is 14.7 Å². The Morgan fingerprint density at radius 3 is 2.70 bits per heavy atom. The largest absolute Gasteiger partial charge is 0.481 e. The summed E-state index contributed by atoms with van der Waals surface area (Å²) in [6.07, 6.45) is 2.49. The lowest BCUT2D eigenvalue weighted by molar-refractivity contribution is -0.137. The number of rotatable bonds is 7. The minimum absolute atomic E-state index is 0.0607. The van der Waals surface area contributed by atoms with Crippen molar-refractivity contribution in [3.63, 3.8) is 0 Å². The first-order valence-electron chi connectivity index (χ1n) is 6.43. The minimum Gasteiger partial charge on any atom is -0.481 e. The van der Waals surface area contributed by atoms with Crippen molar-refractivity contribution in [3.05, 3.63) is 29.8 Å². The van der Waals surface area contributed by atoms with E-state index in [1.54, 1.807) is 11.8 Å². The fourth-order valence-corrected chi connectivity index (χ4v) is 2.49. The molecule has 1 aromatic rings. The van der Waals surface area contributed by atoms with Gasteiger partial charge in [-0.2, -0.15) is 0 Å². The standard InChI is InChI=1S/C14H20N2O3S/c1-10(11-6-3-4-7-12(11)20-2)16-14(19)15-9-5-8-13(17)18/h3-4,6-7,10H,5,8-9H2,1-2H3,(H,17,18)(H2,15,16,19)/t10-/m1/s1. The summed E-state index contributed by atoms with van der Waals surface area (Å²) in [6.45, 7) is 2.28. The number of urea groups is 1. The van der Waals surface area contributed by atoms with Crippen LogP contribution in [0.4, 0.5) is 4.79 Å². The molecule has 20 heavy (non-hydrogen) atoms. The molecule has 0 aromatic heterocycles. The van der Waals surface area contributed by atoms with E-state index in [-0.39, 0.29) is 18.5 Å². The summed E-state index contributed by atoms with van der Waals surface area (Å²) < 4.78 is 0. The van der Waals surface area contributed by atoms with Gasteiger partial charge in [0.25, 0.3) is 0 Å². The van der Waals surface area contributed by atoms with Gasteiger partial charge in [0, 0.05) is 17.9 Å². The van der Waals surface area contributed by atoms with E-state index in [9.17, 15) is 9.59 Å². The van der Waals surface area contributed by atoms with E-state index in [4.69, 9.17) is 5.11 Å². The second kappa shape index (κ2) is 8.47. The van der Waals surface area contributed by atoms with E-state index in [0.29, 0.717) is 13.0 Å². The summed E-state index contributed by atoms with van der Waals surface area (Å²) in [7, 11) is 0. The van der Waals surface area contributed by atoms with Crippen LogP contribution in [-0.4, -0.2) is 29.9 Å². The lowest BCUT2D eigenvalue weighted by Gasteiger charge is -2.17. The molecular weight excluding hydrogens is 276 g/mol. The van der Waals surface area contributed by atoms with Gasteiger partial charge >= 0.3 is 12.0 Å². The third-order valence-electron chi connectivity index (χ3n) is 2.81. The molecule has 1 aromatic carbocycles. The normalized spacial score (nSPS) is 11.7. The second-order valence-electron chi connectivity index (χ2n) is 4.36. The zero-order valence-electron chi connectivity index (χ0n) is 11.7. The van der Waals surface area contributed by atoms with Gasteiger partial charge < -0.3 is 15.7 Å². The van der Waals surface area contributed by atoms with E-state index in [1.165, 1.54) is 0 Å². The molecule has 0 spiro atoms. The lowest BCUT2D eigenvalue weighted by atomic mass is 10.1. The Balaban J connectivity index is 2.43. The van der Waals surface area contributed by atoms with Crippen LogP contribution >= 0.6 is 11.8 Å². The van der Waals surface area contributed by atoms with E-state index in [0.717, 1.165) is 10.5 Å². The van der Waals surface area contributed by atoms with E-state index in [1.807, 2.05) is 37.4 Å². The number of aliphatic carboxylic acids is 1. The molecule has 3 N–H and O–H groups in total. The molecule has 5 nitrogen and oxygen atoms in total. The first-order chi connectivity index (χ1) is 9.54. The molecule has 0 unspecified atom stereocenters. The van der Waals surface area contributed by atoms with Crippen LogP contribution in [0.3, 0.4) is 0 Å². The van der Waals surface area contributed by atoms with Gasteiger partial charge in [0.1, 0.15) is 0 Å². The maximum Gasteiger partial charge on any atom is 0.315 e. The monoisotopic (exact) mass is 296 g/mol. The van der Waals surface area contributed by atoms with Crippen LogP contribution in [0.5, 0.6) is 0 Å². The Labute approximate surface area is 123 Å². The first-order valence-corrected chi connectivity index (χ1v) is 7.66. The summed E-state index contributed by atoms with van der Waals surface area (Å²) in [5.41, 5.74) is 1.07. The van der Waals surface area contributed by atoms with Gasteiger partial charge in [-0.05, 0) is 31.2 Å². The molecule has 1 atom stereocenters. The van der Waals surface area contributed by atoms with Crippen molar-refractivity contribution in [2.45, 2.75) is 30.7 Å². The predicted octanol–water partition coefficient (Wildman–Crippen LogP) is 2.63. The van der Waals surface area contributed by atoms with Crippen LogP contribution in [0.1, 0.15) is 31.4 Å². The van der Waals surface area contributed by atoms with Crippen LogP contribution in [-0.2, 0) is 4.79 Å². The molecule has 0 saturated heterocycles. The van der Waals surface area contributed by atoms with Crippen molar-refractivity contribution in [1.82, 2.24) is 10.6 Å². The highest BCUT2D eigenvalue weighted by Gasteiger charge is 2.12. The molecule has 0 fully saturated rings. The molecule has 0 saturated carbocycles. The number of hydrogen-bond acceptors (Lipinski definition) is 3. The summed E-state index contributed by atoms with van der Waals surface area (Å²) in [4.78, 5) is 23.2. The van der Waals surface area contributed by atoms with Gasteiger partial charge in [0.15, 0.2) is 0 Å².